The van der Waals surface area contributed by atoms with Gasteiger partial charge in [-0.25, -0.2) is 4.98 Å². The van der Waals surface area contributed by atoms with Gasteiger partial charge >= 0.3 is 0 Å². The summed E-state index contributed by atoms with van der Waals surface area (Å²) in [6.45, 7) is 4.67. The van der Waals surface area contributed by atoms with Gasteiger partial charge in [0.15, 0.2) is 0 Å². The summed E-state index contributed by atoms with van der Waals surface area (Å²) in [6, 6.07) is 45.7. The molecule has 0 atom stereocenters. The number of para-hydroxylation sites is 1. The first-order chi connectivity index (χ1) is 22.5. The van der Waals surface area contributed by atoms with Crippen LogP contribution in [-0.4, -0.2) is 9.97 Å². The Morgan fingerprint density at radius 3 is 2.07 bits per heavy atom. The van der Waals surface area contributed by atoms with Crippen LogP contribution in [0.3, 0.4) is 0 Å². The zero-order valence-corrected chi connectivity index (χ0v) is 25.5. The Balaban J connectivity index is 1.13. The van der Waals surface area contributed by atoms with Crippen molar-refractivity contribution < 1.29 is 4.42 Å². The van der Waals surface area contributed by atoms with E-state index in [1.54, 1.807) is 0 Å². The number of rotatable bonds is 2. The lowest BCUT2D eigenvalue weighted by atomic mass is 9.81. The summed E-state index contributed by atoms with van der Waals surface area (Å²) in [7, 11) is 0. The number of furan rings is 1. The van der Waals surface area contributed by atoms with E-state index in [2.05, 4.69) is 134 Å². The van der Waals surface area contributed by atoms with Crippen molar-refractivity contribution in [2.24, 2.45) is 0 Å². The Labute approximate surface area is 265 Å². The standard InChI is InChI=1S/C43H28N2O/c1-43(2)36-22-27(15-17-31(36)34-23-35-33-11-5-6-12-39(33)46-40(35)24-37(34)43)28-18-19-32(30-10-4-3-9-29(28)30)38-20-16-26-14-13-25-8-7-21-44-41(25)42(26)45-38/h3-24H,1-2H3. The highest BCUT2D eigenvalue weighted by Crippen LogP contribution is 2.52. The van der Waals surface area contributed by atoms with E-state index in [0.29, 0.717) is 0 Å². The van der Waals surface area contributed by atoms with Crippen LogP contribution in [0.1, 0.15) is 25.0 Å². The fourth-order valence-corrected chi connectivity index (χ4v) is 7.77. The van der Waals surface area contributed by atoms with Gasteiger partial charge in [0.05, 0.1) is 16.7 Å². The third kappa shape index (κ3) is 3.48. The van der Waals surface area contributed by atoms with Gasteiger partial charge in [0.2, 0.25) is 0 Å². The number of hydrogen-bond acceptors (Lipinski definition) is 3. The first-order valence-corrected chi connectivity index (χ1v) is 15.8. The molecule has 0 saturated carbocycles. The molecule has 1 aliphatic carbocycles. The van der Waals surface area contributed by atoms with Crippen molar-refractivity contribution in [3.63, 3.8) is 0 Å². The third-order valence-corrected chi connectivity index (χ3v) is 10.1. The number of pyridine rings is 2. The van der Waals surface area contributed by atoms with Crippen LogP contribution in [0.2, 0.25) is 0 Å². The molecular formula is C43H28N2O. The van der Waals surface area contributed by atoms with Crippen molar-refractivity contribution in [1.82, 2.24) is 9.97 Å². The first kappa shape index (κ1) is 25.5. The van der Waals surface area contributed by atoms with Gasteiger partial charge in [0.1, 0.15) is 11.2 Å². The van der Waals surface area contributed by atoms with Crippen LogP contribution in [0, 0.1) is 0 Å². The predicted octanol–water partition coefficient (Wildman–Crippen LogP) is 11.5. The quantitative estimate of drug-likeness (QED) is 0.189. The molecule has 1 aliphatic rings. The Morgan fingerprint density at radius 1 is 0.500 bits per heavy atom. The van der Waals surface area contributed by atoms with Gasteiger partial charge in [-0.3, -0.25) is 4.98 Å². The zero-order chi connectivity index (χ0) is 30.6. The second-order valence-corrected chi connectivity index (χ2v) is 13.0. The minimum atomic E-state index is -0.157. The summed E-state index contributed by atoms with van der Waals surface area (Å²) in [5.41, 5.74) is 13.4. The highest BCUT2D eigenvalue weighted by atomic mass is 16.3. The van der Waals surface area contributed by atoms with E-state index in [1.807, 2.05) is 18.3 Å². The van der Waals surface area contributed by atoms with Crippen LogP contribution in [0.15, 0.2) is 138 Å². The molecule has 216 valence electrons. The summed E-state index contributed by atoms with van der Waals surface area (Å²) < 4.78 is 6.29. The fourth-order valence-electron chi connectivity index (χ4n) is 7.77. The van der Waals surface area contributed by atoms with Crippen LogP contribution < -0.4 is 0 Å². The highest BCUT2D eigenvalue weighted by molar-refractivity contribution is 6.09. The lowest BCUT2D eigenvalue weighted by Crippen LogP contribution is -2.15. The molecule has 0 unspecified atom stereocenters. The molecule has 0 amide bonds. The van der Waals surface area contributed by atoms with Crippen LogP contribution in [-0.2, 0) is 5.41 Å². The van der Waals surface area contributed by atoms with Crippen LogP contribution in [0.25, 0.3) is 88.0 Å². The topological polar surface area (TPSA) is 38.9 Å². The van der Waals surface area contributed by atoms with E-state index in [1.165, 1.54) is 54.9 Å². The van der Waals surface area contributed by atoms with Crippen molar-refractivity contribution in [1.29, 1.82) is 0 Å². The van der Waals surface area contributed by atoms with E-state index in [0.717, 1.165) is 44.2 Å². The highest BCUT2D eigenvalue weighted by Gasteiger charge is 2.36. The van der Waals surface area contributed by atoms with E-state index in [9.17, 15) is 0 Å². The summed E-state index contributed by atoms with van der Waals surface area (Å²) in [4.78, 5) is 9.86. The van der Waals surface area contributed by atoms with Gasteiger partial charge in [-0.05, 0) is 80.6 Å². The number of hydrogen-bond donors (Lipinski definition) is 0. The Kier molecular flexibility index (Phi) is 5.06. The SMILES string of the molecule is CC1(C)c2cc(-c3ccc(-c4ccc5ccc6cccnc6c5n4)c4ccccc34)ccc2-c2cc3c(cc21)oc1ccccc13. The number of benzene rings is 6. The zero-order valence-electron chi connectivity index (χ0n) is 25.5. The molecule has 0 radical (unpaired) electrons. The van der Waals surface area contributed by atoms with E-state index in [4.69, 9.17) is 9.40 Å². The van der Waals surface area contributed by atoms with Gasteiger partial charge in [0, 0.05) is 38.7 Å². The van der Waals surface area contributed by atoms with Crippen molar-refractivity contribution in [3.8, 4) is 33.5 Å². The van der Waals surface area contributed by atoms with Gasteiger partial charge in [-0.1, -0.05) is 105 Å². The molecule has 3 heteroatoms. The van der Waals surface area contributed by atoms with Crippen molar-refractivity contribution in [2.45, 2.75) is 19.3 Å². The molecule has 6 aromatic carbocycles. The molecule has 0 N–H and O–H groups in total. The van der Waals surface area contributed by atoms with E-state index < -0.39 is 0 Å². The molecule has 3 aromatic heterocycles. The molecule has 0 spiro atoms. The summed E-state index contributed by atoms with van der Waals surface area (Å²) in [6.07, 6.45) is 1.84. The maximum absolute atomic E-state index is 6.29. The Morgan fingerprint density at radius 2 is 1.20 bits per heavy atom. The Bertz CT molecular complexity index is 2730. The second kappa shape index (κ2) is 9.12. The molecule has 0 saturated heterocycles. The minimum absolute atomic E-state index is 0.157. The summed E-state index contributed by atoms with van der Waals surface area (Å²) in [5.74, 6) is 0. The van der Waals surface area contributed by atoms with Gasteiger partial charge in [-0.15, -0.1) is 0 Å². The average Bonchev–Trinajstić information content (AvgIpc) is 3.57. The van der Waals surface area contributed by atoms with E-state index in [-0.39, 0.29) is 5.41 Å². The van der Waals surface area contributed by atoms with Crippen molar-refractivity contribution in [2.75, 3.05) is 0 Å². The second-order valence-electron chi connectivity index (χ2n) is 13.0. The molecule has 3 nitrogen and oxygen atoms in total. The molecular weight excluding hydrogens is 560 g/mol. The van der Waals surface area contributed by atoms with Crippen LogP contribution >= 0.6 is 0 Å². The fraction of sp³-hybridized carbons (Fsp3) is 0.0698. The molecule has 9 aromatic rings. The largest absolute Gasteiger partial charge is 0.456 e. The van der Waals surface area contributed by atoms with Crippen molar-refractivity contribution in [3.05, 3.63) is 145 Å². The molecule has 46 heavy (non-hydrogen) atoms. The van der Waals surface area contributed by atoms with Gasteiger partial charge in [-0.2, -0.15) is 0 Å². The third-order valence-electron chi connectivity index (χ3n) is 10.1. The van der Waals surface area contributed by atoms with Gasteiger partial charge in [0.25, 0.3) is 0 Å². The van der Waals surface area contributed by atoms with Gasteiger partial charge < -0.3 is 4.42 Å². The molecule has 10 rings (SSSR count). The number of aromatic nitrogens is 2. The maximum atomic E-state index is 6.29. The molecule has 0 aliphatic heterocycles. The molecule has 0 bridgehead atoms. The lowest BCUT2D eigenvalue weighted by Gasteiger charge is -2.22. The summed E-state index contributed by atoms with van der Waals surface area (Å²) in [5, 5.41) is 6.95. The number of fused-ring (bicyclic) bond motifs is 10. The predicted molar refractivity (Wildman–Crippen MR) is 190 cm³/mol. The first-order valence-electron chi connectivity index (χ1n) is 15.8. The maximum Gasteiger partial charge on any atom is 0.135 e. The smallest absolute Gasteiger partial charge is 0.135 e. The minimum Gasteiger partial charge on any atom is -0.456 e. The average molecular weight is 589 g/mol. The number of nitrogens with zero attached hydrogens (tertiary/aromatic N) is 2. The van der Waals surface area contributed by atoms with E-state index >= 15 is 0 Å². The monoisotopic (exact) mass is 588 g/mol. The van der Waals surface area contributed by atoms with Crippen LogP contribution in [0.4, 0.5) is 0 Å². The van der Waals surface area contributed by atoms with Crippen LogP contribution in [0.5, 0.6) is 0 Å². The normalized spacial score (nSPS) is 13.6. The molecule has 0 fully saturated rings. The Hall–Kier alpha value is -5.80. The molecule has 3 heterocycles. The van der Waals surface area contributed by atoms with Crippen molar-refractivity contribution >= 4 is 54.5 Å². The lowest BCUT2D eigenvalue weighted by molar-refractivity contribution is 0.647. The summed E-state index contributed by atoms with van der Waals surface area (Å²) >= 11 is 0.